The predicted molar refractivity (Wildman–Crippen MR) is 96.3 cm³/mol. The largest absolute Gasteiger partial charge is 0.502 e. The summed E-state index contributed by atoms with van der Waals surface area (Å²) in [5.74, 6) is -0.366. The molecule has 0 aliphatic carbocycles. The van der Waals surface area contributed by atoms with Gasteiger partial charge in [0.05, 0.1) is 12.6 Å². The van der Waals surface area contributed by atoms with Gasteiger partial charge in [-0.2, -0.15) is 29.9 Å². The highest BCUT2D eigenvalue weighted by atomic mass is 16.5. The van der Waals surface area contributed by atoms with Gasteiger partial charge < -0.3 is 28.7 Å². The Morgan fingerprint density at radius 2 is 1.73 bits per heavy atom. The summed E-state index contributed by atoms with van der Waals surface area (Å²) >= 11 is 0. The molecule has 0 atom stereocenters. The van der Waals surface area contributed by atoms with Gasteiger partial charge in [-0.05, 0) is 0 Å². The Bertz CT molecular complexity index is 1220. The van der Waals surface area contributed by atoms with Crippen molar-refractivity contribution < 1.29 is 28.7 Å². The summed E-state index contributed by atoms with van der Waals surface area (Å²) in [4.78, 5) is 24.1. The van der Waals surface area contributed by atoms with Gasteiger partial charge in [0.2, 0.25) is 11.7 Å². The Morgan fingerprint density at radius 1 is 1.00 bits per heavy atom. The molecule has 4 N–H and O–H groups in total. The lowest BCUT2D eigenvalue weighted by atomic mass is 10.3. The SMILES string of the molecule is Cc1nc(O)c(Cc2nc(N=c3on(C)cc3O)nc(Nc3oc(C)nc3O)n2)o1. The number of rotatable bonds is 5. The number of anilines is 2. The van der Waals surface area contributed by atoms with Crippen LogP contribution in [0.5, 0.6) is 17.5 Å². The second kappa shape index (κ2) is 7.23. The van der Waals surface area contributed by atoms with Gasteiger partial charge >= 0.3 is 0 Å². The van der Waals surface area contributed by atoms with Crippen LogP contribution < -0.4 is 10.9 Å². The number of aryl methyl sites for hydroxylation is 3. The van der Waals surface area contributed by atoms with Gasteiger partial charge in [-0.3, -0.25) is 5.32 Å². The lowest BCUT2D eigenvalue weighted by Gasteiger charge is -2.04. The molecule has 14 heteroatoms. The topological polar surface area (TPSA) is 194 Å². The normalized spacial score (nSPS) is 11.9. The number of hydrogen-bond donors (Lipinski definition) is 4. The van der Waals surface area contributed by atoms with E-state index in [1.165, 1.54) is 10.9 Å². The average Bonchev–Trinajstić information content (AvgIpc) is 3.24. The van der Waals surface area contributed by atoms with E-state index in [4.69, 9.17) is 13.4 Å². The molecule has 0 saturated heterocycles. The fourth-order valence-electron chi connectivity index (χ4n) is 2.51. The van der Waals surface area contributed by atoms with Crippen LogP contribution in [0.25, 0.3) is 0 Å². The zero-order chi connectivity index (χ0) is 21.4. The summed E-state index contributed by atoms with van der Waals surface area (Å²) in [6.45, 7) is 3.14. The molecule has 0 aromatic carbocycles. The van der Waals surface area contributed by atoms with E-state index in [2.05, 4.69) is 35.2 Å². The van der Waals surface area contributed by atoms with E-state index in [1.807, 2.05) is 0 Å². The first kappa shape index (κ1) is 19.0. The highest BCUT2D eigenvalue weighted by Crippen LogP contribution is 2.26. The summed E-state index contributed by atoms with van der Waals surface area (Å²) in [6, 6.07) is 0. The molecular formula is C16H16N8O6. The Labute approximate surface area is 167 Å². The smallest absolute Gasteiger partial charge is 0.293 e. The van der Waals surface area contributed by atoms with Crippen LogP contribution in [-0.4, -0.2) is 45.0 Å². The average molecular weight is 416 g/mol. The highest BCUT2D eigenvalue weighted by molar-refractivity contribution is 5.52. The molecule has 4 rings (SSSR count). The zero-order valence-electron chi connectivity index (χ0n) is 16.0. The molecule has 156 valence electrons. The second-order valence-electron chi connectivity index (χ2n) is 6.11. The van der Waals surface area contributed by atoms with Crippen molar-refractivity contribution >= 4 is 17.8 Å². The van der Waals surface area contributed by atoms with Crippen LogP contribution in [-0.2, 0) is 13.5 Å². The molecular weight excluding hydrogens is 400 g/mol. The number of nitrogens with one attached hydrogen (secondary N) is 1. The van der Waals surface area contributed by atoms with Crippen LogP contribution in [0.1, 0.15) is 23.4 Å². The van der Waals surface area contributed by atoms with Crippen LogP contribution in [0.15, 0.2) is 24.5 Å². The minimum Gasteiger partial charge on any atom is -0.502 e. The van der Waals surface area contributed by atoms with Crippen LogP contribution in [0.3, 0.4) is 0 Å². The van der Waals surface area contributed by atoms with Crippen molar-refractivity contribution in [2.45, 2.75) is 20.3 Å². The molecule has 0 unspecified atom stereocenters. The van der Waals surface area contributed by atoms with Crippen molar-refractivity contribution in [3.8, 4) is 17.5 Å². The molecule has 4 aromatic rings. The van der Waals surface area contributed by atoms with Crippen molar-refractivity contribution in [3.05, 3.63) is 35.1 Å². The Hall–Kier alpha value is -4.36. The van der Waals surface area contributed by atoms with Gasteiger partial charge in [-0.25, -0.2) is 4.74 Å². The zero-order valence-corrected chi connectivity index (χ0v) is 16.0. The van der Waals surface area contributed by atoms with E-state index in [0.29, 0.717) is 0 Å². The van der Waals surface area contributed by atoms with E-state index in [1.54, 1.807) is 20.9 Å². The van der Waals surface area contributed by atoms with Gasteiger partial charge in [0.1, 0.15) is 5.82 Å². The molecule has 0 aliphatic rings. The predicted octanol–water partition coefficient (Wildman–Crippen LogP) is 1.08. The molecule has 14 nitrogen and oxygen atoms in total. The number of nitrogens with zero attached hydrogens (tertiary/aromatic N) is 7. The number of aromatic nitrogens is 6. The quantitative estimate of drug-likeness (QED) is 0.362. The number of oxazole rings is 2. The molecule has 4 heterocycles. The summed E-state index contributed by atoms with van der Waals surface area (Å²) in [7, 11) is 1.56. The first-order valence-electron chi connectivity index (χ1n) is 8.51. The minimum atomic E-state index is -0.382. The first-order chi connectivity index (χ1) is 14.3. The third-order valence-electron chi connectivity index (χ3n) is 3.67. The van der Waals surface area contributed by atoms with Gasteiger partial charge in [0, 0.05) is 20.9 Å². The third kappa shape index (κ3) is 3.91. The van der Waals surface area contributed by atoms with E-state index in [9.17, 15) is 15.3 Å². The van der Waals surface area contributed by atoms with Crippen molar-refractivity contribution in [1.29, 1.82) is 0 Å². The Morgan fingerprint density at radius 3 is 2.33 bits per heavy atom. The Balaban J connectivity index is 1.76. The molecule has 0 spiro atoms. The maximum Gasteiger partial charge on any atom is 0.293 e. The van der Waals surface area contributed by atoms with Crippen LogP contribution in [0.2, 0.25) is 0 Å². The lowest BCUT2D eigenvalue weighted by Crippen LogP contribution is -2.05. The third-order valence-corrected chi connectivity index (χ3v) is 3.67. The van der Waals surface area contributed by atoms with Crippen molar-refractivity contribution in [3.63, 3.8) is 0 Å². The second-order valence-corrected chi connectivity index (χ2v) is 6.11. The molecule has 0 aliphatic heterocycles. The van der Waals surface area contributed by atoms with Crippen molar-refractivity contribution in [2.75, 3.05) is 5.32 Å². The van der Waals surface area contributed by atoms with E-state index >= 15 is 0 Å². The fourth-order valence-corrected chi connectivity index (χ4v) is 2.51. The van der Waals surface area contributed by atoms with Crippen LogP contribution >= 0.6 is 0 Å². The maximum atomic E-state index is 9.87. The summed E-state index contributed by atoms with van der Waals surface area (Å²) in [5.41, 5.74) is -0.127. The summed E-state index contributed by atoms with van der Waals surface area (Å²) < 4.78 is 17.1. The van der Waals surface area contributed by atoms with Crippen LogP contribution in [0.4, 0.5) is 17.8 Å². The van der Waals surface area contributed by atoms with Crippen LogP contribution in [0, 0.1) is 13.8 Å². The summed E-state index contributed by atoms with van der Waals surface area (Å²) in [5, 5.41) is 32.2. The van der Waals surface area contributed by atoms with E-state index in [-0.39, 0.29) is 70.6 Å². The highest BCUT2D eigenvalue weighted by Gasteiger charge is 2.17. The first-order valence-corrected chi connectivity index (χ1v) is 8.51. The van der Waals surface area contributed by atoms with Gasteiger partial charge in [-0.15, -0.1) is 0 Å². The van der Waals surface area contributed by atoms with Gasteiger partial charge in [-0.1, -0.05) is 0 Å². The lowest BCUT2D eigenvalue weighted by molar-refractivity contribution is 0.276. The monoisotopic (exact) mass is 416 g/mol. The molecule has 0 radical (unpaired) electrons. The summed E-state index contributed by atoms with van der Waals surface area (Å²) in [6.07, 6.45) is 1.27. The van der Waals surface area contributed by atoms with Crippen molar-refractivity contribution in [1.82, 2.24) is 29.7 Å². The maximum absolute atomic E-state index is 9.87. The van der Waals surface area contributed by atoms with E-state index < -0.39 is 0 Å². The standard InChI is InChI=1S/C16H16N8O6/c1-6-17-11(26)9(28-6)4-10-19-15(21-13-8(25)5-24(3)30-13)23-16(20-10)22-14-12(27)18-7(2)29-14/h5,25-27H,4H2,1-3H3,(H,19,20,22,23). The van der Waals surface area contributed by atoms with Gasteiger partial charge in [0.15, 0.2) is 17.5 Å². The van der Waals surface area contributed by atoms with Crippen molar-refractivity contribution in [2.24, 2.45) is 12.0 Å². The van der Waals surface area contributed by atoms with Gasteiger partial charge in [0.25, 0.3) is 29.1 Å². The fraction of sp³-hybridized carbons (Fsp3) is 0.250. The van der Waals surface area contributed by atoms with E-state index in [0.717, 1.165) is 0 Å². The number of aromatic hydroxyl groups is 3. The minimum absolute atomic E-state index is 0.0360. The molecule has 30 heavy (non-hydrogen) atoms. The Kier molecular flexibility index (Phi) is 4.57. The molecule has 0 bridgehead atoms. The molecule has 0 saturated carbocycles. The molecule has 0 fully saturated rings. The molecule has 4 aromatic heterocycles. The molecule has 0 amide bonds. The number of hydrogen-bond acceptors (Lipinski definition) is 13.